The fourth-order valence-electron chi connectivity index (χ4n) is 2.62. The molecule has 2 amide bonds. The molecule has 0 fully saturated rings. The first-order valence-corrected chi connectivity index (χ1v) is 8.70. The van der Waals surface area contributed by atoms with Gasteiger partial charge in [-0.2, -0.15) is 0 Å². The predicted molar refractivity (Wildman–Crippen MR) is 101 cm³/mol. The first-order chi connectivity index (χ1) is 12.2. The van der Waals surface area contributed by atoms with Crippen molar-refractivity contribution in [1.29, 1.82) is 0 Å². The zero-order valence-corrected chi connectivity index (χ0v) is 16.2. The summed E-state index contributed by atoms with van der Waals surface area (Å²) in [4.78, 5) is 24.5. The van der Waals surface area contributed by atoms with E-state index in [1.807, 2.05) is 51.1 Å². The lowest BCUT2D eigenvalue weighted by Gasteiger charge is -2.32. The topological polar surface area (TPSA) is 99.7 Å². The molecule has 0 saturated heterocycles. The van der Waals surface area contributed by atoms with Crippen molar-refractivity contribution in [3.05, 3.63) is 35.9 Å². The molecule has 4 N–H and O–H groups in total. The lowest BCUT2D eigenvalue weighted by Crippen LogP contribution is -2.58. The van der Waals surface area contributed by atoms with Crippen molar-refractivity contribution in [3.8, 4) is 0 Å². The van der Waals surface area contributed by atoms with E-state index in [4.69, 9.17) is 0 Å². The smallest absolute Gasteiger partial charge is 0.407 e. The van der Waals surface area contributed by atoms with Crippen molar-refractivity contribution in [3.63, 3.8) is 0 Å². The van der Waals surface area contributed by atoms with Gasteiger partial charge in [0.1, 0.15) is 6.04 Å². The fraction of sp³-hybridized carbons (Fsp3) is 0.579. The average Bonchev–Trinajstić information content (AvgIpc) is 2.58. The highest BCUT2D eigenvalue weighted by Crippen LogP contribution is 2.20. The van der Waals surface area contributed by atoms with E-state index in [1.165, 1.54) is 7.11 Å². The summed E-state index contributed by atoms with van der Waals surface area (Å²) in [5.41, 5.74) is 0.477. The summed E-state index contributed by atoms with van der Waals surface area (Å²) in [5.74, 6) is -0.362. The summed E-state index contributed by atoms with van der Waals surface area (Å²) in [6.07, 6.45) is -0.969. The molecule has 1 aromatic rings. The van der Waals surface area contributed by atoms with Gasteiger partial charge in [0.25, 0.3) is 0 Å². The number of benzene rings is 1. The molecule has 7 heteroatoms. The Morgan fingerprint density at radius 2 is 1.77 bits per heavy atom. The van der Waals surface area contributed by atoms with Crippen LogP contribution in [0.1, 0.15) is 26.3 Å². The van der Waals surface area contributed by atoms with Gasteiger partial charge >= 0.3 is 6.09 Å². The minimum Gasteiger partial charge on any atom is -0.453 e. The summed E-state index contributed by atoms with van der Waals surface area (Å²) in [5, 5.41) is 18.8. The highest BCUT2D eigenvalue weighted by molar-refractivity contribution is 5.86. The second-order valence-corrected chi connectivity index (χ2v) is 7.36. The van der Waals surface area contributed by atoms with Crippen molar-refractivity contribution < 1.29 is 19.4 Å². The number of hydrogen-bond acceptors (Lipinski definition) is 5. The fourth-order valence-corrected chi connectivity index (χ4v) is 2.62. The van der Waals surface area contributed by atoms with Gasteiger partial charge in [-0.05, 0) is 24.4 Å². The molecular formula is C19H31N3O4. The van der Waals surface area contributed by atoms with Gasteiger partial charge in [0.2, 0.25) is 5.91 Å². The van der Waals surface area contributed by atoms with E-state index in [1.54, 1.807) is 7.05 Å². The molecule has 3 atom stereocenters. The van der Waals surface area contributed by atoms with Gasteiger partial charge in [0, 0.05) is 6.54 Å². The third-order valence-electron chi connectivity index (χ3n) is 4.08. The minimum absolute atomic E-state index is 0.336. The number of nitrogens with one attached hydrogen (secondary N) is 3. The zero-order chi connectivity index (χ0) is 19.7. The number of amides is 2. The van der Waals surface area contributed by atoms with E-state index in [-0.39, 0.29) is 5.91 Å². The van der Waals surface area contributed by atoms with Crippen LogP contribution in [0.3, 0.4) is 0 Å². The molecule has 0 heterocycles. The quantitative estimate of drug-likeness (QED) is 0.552. The van der Waals surface area contributed by atoms with Gasteiger partial charge < -0.3 is 25.8 Å². The van der Waals surface area contributed by atoms with Crippen LogP contribution in [0.15, 0.2) is 30.3 Å². The monoisotopic (exact) mass is 365 g/mol. The highest BCUT2D eigenvalue weighted by atomic mass is 16.5. The maximum atomic E-state index is 12.8. The number of hydrogen-bond donors (Lipinski definition) is 4. The summed E-state index contributed by atoms with van der Waals surface area (Å²) in [7, 11) is 2.99. The molecule has 1 rings (SSSR count). The second-order valence-electron chi connectivity index (χ2n) is 7.36. The predicted octanol–water partition coefficient (Wildman–Crippen LogP) is 1.06. The third kappa shape index (κ3) is 7.01. The highest BCUT2D eigenvalue weighted by Gasteiger charge is 2.35. The van der Waals surface area contributed by atoms with Crippen molar-refractivity contribution in [2.75, 3.05) is 20.7 Å². The number of aliphatic hydroxyl groups excluding tert-OH is 1. The Balaban J connectivity index is 2.95. The summed E-state index contributed by atoms with van der Waals surface area (Å²) < 4.78 is 4.62. The van der Waals surface area contributed by atoms with Crippen LogP contribution in [0.25, 0.3) is 0 Å². The normalized spacial score (nSPS) is 14.8. The van der Waals surface area contributed by atoms with Crippen molar-refractivity contribution in [2.45, 2.75) is 45.4 Å². The van der Waals surface area contributed by atoms with E-state index >= 15 is 0 Å². The van der Waals surface area contributed by atoms with Crippen LogP contribution in [0, 0.1) is 5.41 Å². The van der Waals surface area contributed by atoms with Gasteiger partial charge in [-0.25, -0.2) is 4.79 Å². The lowest BCUT2D eigenvalue weighted by atomic mass is 9.85. The van der Waals surface area contributed by atoms with Gasteiger partial charge in [0.05, 0.1) is 19.3 Å². The minimum atomic E-state index is -0.796. The Labute approximate surface area is 155 Å². The third-order valence-corrected chi connectivity index (χ3v) is 4.08. The number of methoxy groups -OCH3 is 1. The molecule has 0 aliphatic carbocycles. The van der Waals surface area contributed by atoms with E-state index in [0.717, 1.165) is 5.56 Å². The first-order valence-electron chi connectivity index (χ1n) is 8.70. The molecule has 0 aliphatic heterocycles. The molecule has 7 nitrogen and oxygen atoms in total. The number of aliphatic hydroxyl groups is 1. The summed E-state index contributed by atoms with van der Waals surface area (Å²) >= 11 is 0. The van der Waals surface area contributed by atoms with Crippen LogP contribution in [-0.4, -0.2) is 56.0 Å². The summed E-state index contributed by atoms with van der Waals surface area (Å²) in [6.45, 7) is 5.89. The Bertz CT molecular complexity index is 572. The molecule has 0 unspecified atom stereocenters. The molecule has 146 valence electrons. The molecule has 1 aromatic carbocycles. The SMILES string of the molecule is CNC[C@H](O)[C@H](Cc1ccccc1)NC(=O)[C@@H](NC(=O)OC)C(C)(C)C. The standard InChI is InChI=1S/C19H31N3O4/c1-19(2,3)16(22-18(25)26-5)17(24)21-14(15(23)12-20-4)11-13-9-7-6-8-10-13/h6-10,14-16,20,23H,11-12H2,1-5H3,(H,21,24)(H,22,25)/t14-,15-,16+/m0/s1. The number of rotatable bonds is 8. The first kappa shape index (κ1) is 21.9. The molecule has 0 aliphatic rings. The Morgan fingerprint density at radius 1 is 1.15 bits per heavy atom. The molecule has 0 aromatic heterocycles. The van der Waals surface area contributed by atoms with Gasteiger partial charge in [0.15, 0.2) is 0 Å². The number of likely N-dealkylation sites (N-methyl/N-ethyl adjacent to an activating group) is 1. The zero-order valence-electron chi connectivity index (χ0n) is 16.2. The van der Waals surface area contributed by atoms with E-state index < -0.39 is 29.7 Å². The average molecular weight is 365 g/mol. The van der Waals surface area contributed by atoms with Crippen LogP contribution in [0.4, 0.5) is 4.79 Å². The van der Waals surface area contributed by atoms with Crippen LogP contribution in [-0.2, 0) is 16.0 Å². The van der Waals surface area contributed by atoms with Crippen LogP contribution in [0.2, 0.25) is 0 Å². The number of ether oxygens (including phenoxy) is 1. The van der Waals surface area contributed by atoms with Gasteiger partial charge in [-0.15, -0.1) is 0 Å². The molecule has 26 heavy (non-hydrogen) atoms. The maximum absolute atomic E-state index is 12.8. The van der Waals surface area contributed by atoms with Crippen LogP contribution in [0.5, 0.6) is 0 Å². The van der Waals surface area contributed by atoms with E-state index in [0.29, 0.717) is 13.0 Å². The molecule has 0 saturated carbocycles. The summed E-state index contributed by atoms with van der Waals surface area (Å²) in [6, 6.07) is 8.33. The van der Waals surface area contributed by atoms with E-state index in [2.05, 4.69) is 20.7 Å². The Morgan fingerprint density at radius 3 is 2.27 bits per heavy atom. The van der Waals surface area contributed by atoms with E-state index in [9.17, 15) is 14.7 Å². The van der Waals surface area contributed by atoms with Crippen molar-refractivity contribution in [1.82, 2.24) is 16.0 Å². The Hall–Kier alpha value is -2.12. The number of carbonyl (C=O) groups excluding carboxylic acids is 2. The largest absolute Gasteiger partial charge is 0.453 e. The number of alkyl carbamates (subject to hydrolysis) is 1. The maximum Gasteiger partial charge on any atom is 0.407 e. The molecule has 0 radical (unpaired) electrons. The number of carbonyl (C=O) groups is 2. The van der Waals surface area contributed by atoms with Gasteiger partial charge in [-0.3, -0.25) is 4.79 Å². The van der Waals surface area contributed by atoms with Crippen molar-refractivity contribution in [2.24, 2.45) is 5.41 Å². The lowest BCUT2D eigenvalue weighted by molar-refractivity contribution is -0.127. The Kier molecular flexibility index (Phi) is 8.54. The van der Waals surface area contributed by atoms with Gasteiger partial charge in [-0.1, -0.05) is 51.1 Å². The molecule has 0 bridgehead atoms. The second kappa shape index (κ2) is 10.1. The molecule has 0 spiro atoms. The van der Waals surface area contributed by atoms with Crippen LogP contribution < -0.4 is 16.0 Å². The molecular weight excluding hydrogens is 334 g/mol. The van der Waals surface area contributed by atoms with Crippen molar-refractivity contribution >= 4 is 12.0 Å². The van der Waals surface area contributed by atoms with Crippen LogP contribution >= 0.6 is 0 Å².